The van der Waals surface area contributed by atoms with Gasteiger partial charge in [0.05, 0.1) is 6.61 Å². The lowest BCUT2D eigenvalue weighted by atomic mass is 9.97. The van der Waals surface area contributed by atoms with Crippen molar-refractivity contribution in [3.63, 3.8) is 0 Å². The van der Waals surface area contributed by atoms with Gasteiger partial charge in [0.1, 0.15) is 24.4 Å². The van der Waals surface area contributed by atoms with Crippen molar-refractivity contribution < 1.29 is 30.0 Å². The van der Waals surface area contributed by atoms with Gasteiger partial charge in [-0.05, 0) is 18.1 Å². The highest BCUT2D eigenvalue weighted by molar-refractivity contribution is 5.83. The number of rotatable bonds is 5. The van der Waals surface area contributed by atoms with Crippen molar-refractivity contribution in [3.8, 4) is 0 Å². The van der Waals surface area contributed by atoms with E-state index in [-0.39, 0.29) is 12.5 Å². The van der Waals surface area contributed by atoms with Crippen molar-refractivity contribution in [1.82, 2.24) is 9.88 Å². The summed E-state index contributed by atoms with van der Waals surface area (Å²) in [7, 11) is 0. The number of amides is 1. The summed E-state index contributed by atoms with van der Waals surface area (Å²) in [4.78, 5) is 16.6. The molecule has 5 N–H and O–H groups in total. The summed E-state index contributed by atoms with van der Waals surface area (Å²) in [6.45, 7) is 1.06. The van der Waals surface area contributed by atoms with E-state index in [1.54, 1.807) is 0 Å². The van der Waals surface area contributed by atoms with Crippen molar-refractivity contribution >= 4 is 16.8 Å². The van der Waals surface area contributed by atoms with Crippen LogP contribution in [0.2, 0.25) is 0 Å². The largest absolute Gasteiger partial charge is 0.394 e. The van der Waals surface area contributed by atoms with Crippen LogP contribution in [0.3, 0.4) is 0 Å². The third-order valence-corrected chi connectivity index (χ3v) is 4.88. The number of carbonyl (C=O) groups is 1. The Bertz CT molecular complexity index is 761. The number of nitrogens with one attached hydrogen (secondary N) is 1. The number of aliphatic hydroxyl groups is 4. The lowest BCUT2D eigenvalue weighted by molar-refractivity contribution is -0.261. The van der Waals surface area contributed by atoms with Crippen LogP contribution in [0.4, 0.5) is 0 Å². The molecule has 1 aliphatic rings. The fourth-order valence-corrected chi connectivity index (χ4v) is 3.38. The smallest absolute Gasteiger partial charge is 0.221 e. The van der Waals surface area contributed by atoms with Gasteiger partial charge < -0.3 is 35.0 Å². The highest BCUT2D eigenvalue weighted by atomic mass is 16.6. The Morgan fingerprint density at radius 1 is 1.19 bits per heavy atom. The molecule has 5 unspecified atom stereocenters. The SMILES string of the molecule is CC(=O)N(CCc1c[nH]c2ccccc12)C1OC(CO)C(O)C(O)C1O. The number of aromatic amines is 1. The molecule has 1 aromatic carbocycles. The van der Waals surface area contributed by atoms with Crippen molar-refractivity contribution in [2.24, 2.45) is 0 Å². The quantitative estimate of drug-likeness (QED) is 0.480. The predicted molar refractivity (Wildman–Crippen MR) is 93.2 cm³/mol. The van der Waals surface area contributed by atoms with Crippen LogP contribution in [-0.4, -0.2) is 80.0 Å². The number of H-pyrrole nitrogens is 1. The maximum absolute atomic E-state index is 12.1. The second-order valence-corrected chi connectivity index (χ2v) is 6.54. The number of nitrogens with zero attached hydrogens (tertiary/aromatic N) is 1. The second kappa shape index (κ2) is 7.73. The molecule has 2 heterocycles. The molecule has 5 atom stereocenters. The minimum atomic E-state index is -1.51. The number of ether oxygens (including phenoxy) is 1. The summed E-state index contributed by atoms with van der Waals surface area (Å²) in [5.74, 6) is -0.339. The first-order chi connectivity index (χ1) is 12.4. The van der Waals surface area contributed by atoms with Crippen molar-refractivity contribution in [2.45, 2.75) is 44.0 Å². The summed E-state index contributed by atoms with van der Waals surface area (Å²) in [5, 5.41) is 40.5. The van der Waals surface area contributed by atoms with Crippen LogP contribution < -0.4 is 0 Å². The van der Waals surface area contributed by atoms with Crippen LogP contribution in [0.5, 0.6) is 0 Å². The summed E-state index contributed by atoms with van der Waals surface area (Å²) in [6.07, 6.45) is -4.25. The zero-order chi connectivity index (χ0) is 18.8. The van der Waals surface area contributed by atoms with Crippen molar-refractivity contribution in [3.05, 3.63) is 36.0 Å². The van der Waals surface area contributed by atoms with Gasteiger partial charge in [-0.2, -0.15) is 0 Å². The van der Waals surface area contributed by atoms with Crippen LogP contribution in [-0.2, 0) is 16.0 Å². The molecular weight excluding hydrogens is 340 g/mol. The third-order valence-electron chi connectivity index (χ3n) is 4.88. The first-order valence-electron chi connectivity index (χ1n) is 8.56. The average Bonchev–Trinajstić information content (AvgIpc) is 3.04. The van der Waals surface area contributed by atoms with Crippen molar-refractivity contribution in [1.29, 1.82) is 0 Å². The first-order valence-corrected chi connectivity index (χ1v) is 8.56. The number of para-hydroxylation sites is 1. The van der Waals surface area contributed by atoms with Crippen LogP contribution in [0.25, 0.3) is 10.9 Å². The highest BCUT2D eigenvalue weighted by Crippen LogP contribution is 2.25. The molecule has 1 fully saturated rings. The number of benzene rings is 1. The zero-order valence-electron chi connectivity index (χ0n) is 14.4. The van der Waals surface area contributed by atoms with Crippen LogP contribution in [0, 0.1) is 0 Å². The van der Waals surface area contributed by atoms with E-state index in [0.717, 1.165) is 16.5 Å². The lowest BCUT2D eigenvalue weighted by Gasteiger charge is -2.44. The van der Waals surface area contributed by atoms with Gasteiger partial charge in [0, 0.05) is 30.6 Å². The molecule has 8 nitrogen and oxygen atoms in total. The van der Waals surface area contributed by atoms with Gasteiger partial charge >= 0.3 is 0 Å². The first kappa shape index (κ1) is 18.8. The van der Waals surface area contributed by atoms with Gasteiger partial charge in [0.2, 0.25) is 5.91 Å². The molecule has 1 aromatic heterocycles. The number of hydrogen-bond donors (Lipinski definition) is 5. The van der Waals surface area contributed by atoms with E-state index in [1.165, 1.54) is 11.8 Å². The molecule has 0 radical (unpaired) electrons. The number of carbonyl (C=O) groups excluding carboxylic acids is 1. The monoisotopic (exact) mass is 364 g/mol. The minimum absolute atomic E-state index is 0.250. The average molecular weight is 364 g/mol. The van der Waals surface area contributed by atoms with Gasteiger partial charge in [-0.25, -0.2) is 0 Å². The van der Waals surface area contributed by atoms with E-state index in [0.29, 0.717) is 6.42 Å². The molecule has 8 heteroatoms. The Morgan fingerprint density at radius 2 is 1.92 bits per heavy atom. The van der Waals surface area contributed by atoms with Gasteiger partial charge in [-0.3, -0.25) is 4.79 Å². The Morgan fingerprint density at radius 3 is 2.62 bits per heavy atom. The Kier molecular flexibility index (Phi) is 5.59. The van der Waals surface area contributed by atoms with Gasteiger partial charge in [0.15, 0.2) is 6.23 Å². The molecule has 1 saturated heterocycles. The molecule has 0 saturated carbocycles. The van der Waals surface area contributed by atoms with Crippen molar-refractivity contribution in [2.75, 3.05) is 13.2 Å². The molecular formula is C18H24N2O6. The third kappa shape index (κ3) is 3.46. The topological polar surface area (TPSA) is 126 Å². The van der Waals surface area contributed by atoms with E-state index < -0.39 is 37.3 Å². The van der Waals surface area contributed by atoms with E-state index in [2.05, 4.69) is 4.98 Å². The normalized spacial score (nSPS) is 29.0. The van der Waals surface area contributed by atoms with E-state index >= 15 is 0 Å². The summed E-state index contributed by atoms with van der Waals surface area (Å²) in [6, 6.07) is 7.80. The summed E-state index contributed by atoms with van der Waals surface area (Å²) >= 11 is 0. The molecule has 0 bridgehead atoms. The maximum Gasteiger partial charge on any atom is 0.221 e. The van der Waals surface area contributed by atoms with Crippen LogP contribution >= 0.6 is 0 Å². The van der Waals surface area contributed by atoms with E-state index in [9.17, 15) is 25.2 Å². The van der Waals surface area contributed by atoms with E-state index in [1.807, 2.05) is 30.5 Å². The van der Waals surface area contributed by atoms with Crippen LogP contribution in [0.15, 0.2) is 30.5 Å². The number of fused-ring (bicyclic) bond motifs is 1. The van der Waals surface area contributed by atoms with Gasteiger partial charge in [-0.15, -0.1) is 0 Å². The number of aliphatic hydroxyl groups excluding tert-OH is 4. The molecule has 26 heavy (non-hydrogen) atoms. The van der Waals surface area contributed by atoms with Crippen LogP contribution in [0.1, 0.15) is 12.5 Å². The Balaban J connectivity index is 1.77. The Labute approximate surface area is 150 Å². The predicted octanol–water partition coefficient (Wildman–Crippen LogP) is -0.641. The fourth-order valence-electron chi connectivity index (χ4n) is 3.38. The molecule has 2 aromatic rings. The lowest BCUT2D eigenvalue weighted by Crippen LogP contribution is -2.64. The minimum Gasteiger partial charge on any atom is -0.394 e. The maximum atomic E-state index is 12.1. The second-order valence-electron chi connectivity index (χ2n) is 6.54. The standard InChI is InChI=1S/C18H24N2O6/c1-10(22)20(18-17(25)16(24)15(23)14(9-21)26-18)7-6-11-8-19-13-5-3-2-4-12(11)13/h2-5,8,14-19,21,23-25H,6-7,9H2,1H3. The highest BCUT2D eigenvalue weighted by Gasteiger charge is 2.46. The summed E-state index contributed by atoms with van der Waals surface area (Å²) < 4.78 is 5.50. The van der Waals surface area contributed by atoms with E-state index in [4.69, 9.17) is 4.74 Å². The molecule has 3 rings (SSSR count). The molecule has 1 amide bonds. The molecule has 0 aliphatic carbocycles. The number of aromatic nitrogens is 1. The molecule has 1 aliphatic heterocycles. The number of hydrogen-bond acceptors (Lipinski definition) is 6. The van der Waals surface area contributed by atoms with Gasteiger partial charge in [-0.1, -0.05) is 18.2 Å². The molecule has 0 spiro atoms. The fraction of sp³-hybridized carbons (Fsp3) is 0.500. The Hall–Kier alpha value is -1.97. The zero-order valence-corrected chi connectivity index (χ0v) is 14.4. The molecule has 142 valence electrons. The summed E-state index contributed by atoms with van der Waals surface area (Å²) in [5.41, 5.74) is 2.00. The van der Waals surface area contributed by atoms with Gasteiger partial charge in [0.25, 0.3) is 0 Å².